The van der Waals surface area contributed by atoms with E-state index in [4.69, 9.17) is 28.5 Å². The Bertz CT molecular complexity index is 1140. The van der Waals surface area contributed by atoms with Crippen LogP contribution in [0, 0.1) is 11.3 Å². The molecule has 0 radical (unpaired) electrons. The largest absolute Gasteiger partial charge is 0.239 e. The van der Waals surface area contributed by atoms with Crippen LogP contribution in [0.5, 0.6) is 0 Å². The normalized spacial score (nSPS) is 10.7. The van der Waals surface area contributed by atoms with Crippen molar-refractivity contribution in [1.29, 1.82) is 5.26 Å². The standard InChI is InChI=1S/C18H11Cl2N7/c19-15-5-6-17(16(20)7-15)26-11-14(9-22-26)18-23-25-27(24-18)10-13-3-1-12(8-21)2-4-13/h1-7,9,11H,10H2. The van der Waals surface area contributed by atoms with Crippen molar-refractivity contribution in [3.8, 4) is 23.1 Å². The maximum Gasteiger partial charge on any atom is 0.208 e. The number of hydrogen-bond acceptors (Lipinski definition) is 5. The maximum absolute atomic E-state index is 8.85. The number of tetrazole rings is 1. The highest BCUT2D eigenvalue weighted by atomic mass is 35.5. The average molecular weight is 396 g/mol. The van der Waals surface area contributed by atoms with Crippen LogP contribution in [-0.2, 0) is 6.54 Å². The van der Waals surface area contributed by atoms with Crippen LogP contribution in [-0.4, -0.2) is 30.0 Å². The second-order valence-corrected chi connectivity index (χ2v) is 6.57. The smallest absolute Gasteiger partial charge is 0.208 e. The van der Waals surface area contributed by atoms with Gasteiger partial charge in [-0.3, -0.25) is 0 Å². The summed E-state index contributed by atoms with van der Waals surface area (Å²) >= 11 is 12.2. The molecule has 0 saturated heterocycles. The summed E-state index contributed by atoms with van der Waals surface area (Å²) in [5.74, 6) is 0.458. The van der Waals surface area contributed by atoms with Gasteiger partial charge in [0.25, 0.3) is 0 Å². The lowest BCUT2D eigenvalue weighted by molar-refractivity contribution is 0.573. The Balaban J connectivity index is 1.55. The summed E-state index contributed by atoms with van der Waals surface area (Å²) in [6.45, 7) is 0.454. The minimum Gasteiger partial charge on any atom is -0.239 e. The summed E-state index contributed by atoms with van der Waals surface area (Å²) < 4.78 is 1.63. The summed E-state index contributed by atoms with van der Waals surface area (Å²) in [5, 5.41) is 26.7. The first kappa shape index (κ1) is 17.2. The van der Waals surface area contributed by atoms with E-state index in [2.05, 4.69) is 26.6 Å². The molecule has 4 aromatic rings. The van der Waals surface area contributed by atoms with Gasteiger partial charge < -0.3 is 0 Å². The zero-order valence-corrected chi connectivity index (χ0v) is 15.3. The van der Waals surface area contributed by atoms with Crippen LogP contribution in [0.25, 0.3) is 17.1 Å². The zero-order chi connectivity index (χ0) is 18.8. The Morgan fingerprint density at radius 3 is 2.63 bits per heavy atom. The minimum atomic E-state index is 0.454. The van der Waals surface area contributed by atoms with Crippen molar-refractivity contribution in [3.05, 3.63) is 76.0 Å². The Morgan fingerprint density at radius 1 is 1.07 bits per heavy atom. The molecule has 0 spiro atoms. The highest BCUT2D eigenvalue weighted by Gasteiger charge is 2.11. The Kier molecular flexibility index (Phi) is 4.59. The summed E-state index contributed by atoms with van der Waals surface area (Å²) in [5.41, 5.74) is 3.00. The molecule has 0 aliphatic carbocycles. The van der Waals surface area contributed by atoms with Gasteiger partial charge in [0.1, 0.15) is 0 Å². The lowest BCUT2D eigenvalue weighted by atomic mass is 10.1. The highest BCUT2D eigenvalue weighted by Crippen LogP contribution is 2.25. The molecule has 4 rings (SSSR count). The van der Waals surface area contributed by atoms with E-state index in [-0.39, 0.29) is 0 Å². The average Bonchev–Trinajstić information content (AvgIpc) is 3.32. The van der Waals surface area contributed by atoms with Crippen LogP contribution in [0.4, 0.5) is 0 Å². The molecule has 27 heavy (non-hydrogen) atoms. The van der Waals surface area contributed by atoms with Crippen molar-refractivity contribution in [2.75, 3.05) is 0 Å². The van der Waals surface area contributed by atoms with E-state index in [9.17, 15) is 0 Å². The van der Waals surface area contributed by atoms with Crippen LogP contribution in [0.1, 0.15) is 11.1 Å². The number of rotatable bonds is 4. The molecule has 0 aliphatic heterocycles. The fourth-order valence-electron chi connectivity index (χ4n) is 2.51. The molecule has 0 unspecified atom stereocenters. The Morgan fingerprint density at radius 2 is 1.89 bits per heavy atom. The van der Waals surface area contributed by atoms with E-state index >= 15 is 0 Å². The van der Waals surface area contributed by atoms with Gasteiger partial charge in [-0.1, -0.05) is 35.3 Å². The molecule has 0 saturated carbocycles. The molecular weight excluding hydrogens is 385 g/mol. The zero-order valence-electron chi connectivity index (χ0n) is 13.8. The molecule has 0 aliphatic rings. The monoisotopic (exact) mass is 395 g/mol. The molecule has 2 heterocycles. The summed E-state index contributed by atoms with van der Waals surface area (Å²) in [4.78, 5) is 1.49. The number of halogens is 2. The maximum atomic E-state index is 8.85. The lowest BCUT2D eigenvalue weighted by Crippen LogP contribution is -2.03. The molecule has 2 aromatic heterocycles. The predicted molar refractivity (Wildman–Crippen MR) is 101 cm³/mol. The fourth-order valence-corrected chi connectivity index (χ4v) is 3.01. The van der Waals surface area contributed by atoms with E-state index in [1.165, 1.54) is 4.80 Å². The number of aromatic nitrogens is 6. The van der Waals surface area contributed by atoms with Gasteiger partial charge in [-0.25, -0.2) is 4.68 Å². The van der Waals surface area contributed by atoms with Crippen molar-refractivity contribution in [2.45, 2.75) is 6.54 Å². The van der Waals surface area contributed by atoms with E-state index in [0.29, 0.717) is 39.2 Å². The van der Waals surface area contributed by atoms with Crippen LogP contribution >= 0.6 is 23.2 Å². The van der Waals surface area contributed by atoms with Gasteiger partial charge in [-0.2, -0.15) is 15.2 Å². The van der Waals surface area contributed by atoms with Gasteiger partial charge in [0.05, 0.1) is 40.6 Å². The van der Waals surface area contributed by atoms with Gasteiger partial charge in [-0.05, 0) is 41.1 Å². The SMILES string of the molecule is N#Cc1ccc(Cn2nnc(-c3cnn(-c4ccc(Cl)cc4Cl)c3)n2)cc1. The lowest BCUT2D eigenvalue weighted by Gasteiger charge is -2.03. The van der Waals surface area contributed by atoms with Crippen molar-refractivity contribution in [1.82, 2.24) is 30.0 Å². The van der Waals surface area contributed by atoms with E-state index in [0.717, 1.165) is 5.56 Å². The molecule has 132 valence electrons. The second kappa shape index (κ2) is 7.19. The first-order valence-corrected chi connectivity index (χ1v) is 8.65. The van der Waals surface area contributed by atoms with Gasteiger partial charge in [0.2, 0.25) is 5.82 Å². The van der Waals surface area contributed by atoms with Gasteiger partial charge in [-0.15, -0.1) is 10.2 Å². The molecule has 2 aromatic carbocycles. The summed E-state index contributed by atoms with van der Waals surface area (Å²) in [6, 6.07) is 14.5. The van der Waals surface area contributed by atoms with Crippen LogP contribution in [0.15, 0.2) is 54.9 Å². The van der Waals surface area contributed by atoms with Crippen molar-refractivity contribution in [2.24, 2.45) is 0 Å². The first-order chi connectivity index (χ1) is 13.1. The van der Waals surface area contributed by atoms with Crippen LogP contribution in [0.3, 0.4) is 0 Å². The third kappa shape index (κ3) is 3.67. The number of hydrogen-bond donors (Lipinski definition) is 0. The quantitative estimate of drug-likeness (QED) is 0.525. The van der Waals surface area contributed by atoms with Crippen LogP contribution in [0.2, 0.25) is 10.0 Å². The van der Waals surface area contributed by atoms with Gasteiger partial charge in [0.15, 0.2) is 0 Å². The van der Waals surface area contributed by atoms with E-state index < -0.39 is 0 Å². The molecule has 9 heteroatoms. The third-order valence-electron chi connectivity index (χ3n) is 3.86. The van der Waals surface area contributed by atoms with Crippen molar-refractivity contribution >= 4 is 23.2 Å². The molecule has 0 atom stereocenters. The Hall–Kier alpha value is -3.21. The molecule has 0 fully saturated rings. The van der Waals surface area contributed by atoms with Crippen molar-refractivity contribution in [3.63, 3.8) is 0 Å². The highest BCUT2D eigenvalue weighted by molar-refractivity contribution is 6.35. The summed E-state index contributed by atoms with van der Waals surface area (Å²) in [7, 11) is 0. The second-order valence-electron chi connectivity index (χ2n) is 5.72. The Labute approximate surface area is 164 Å². The molecule has 0 bridgehead atoms. The molecule has 0 amide bonds. The molecule has 0 N–H and O–H groups in total. The van der Waals surface area contributed by atoms with E-state index in [1.807, 2.05) is 12.1 Å². The fraction of sp³-hybridized carbons (Fsp3) is 0.0556. The third-order valence-corrected chi connectivity index (χ3v) is 4.40. The number of benzene rings is 2. The first-order valence-electron chi connectivity index (χ1n) is 7.90. The topological polar surface area (TPSA) is 85.2 Å². The predicted octanol–water partition coefficient (Wildman–Crippen LogP) is 3.75. The number of nitrogens with zero attached hydrogens (tertiary/aromatic N) is 7. The van der Waals surface area contributed by atoms with Gasteiger partial charge in [0, 0.05) is 11.2 Å². The minimum absolute atomic E-state index is 0.454. The molecular formula is C18H11Cl2N7. The molecule has 7 nitrogen and oxygen atoms in total. The van der Waals surface area contributed by atoms with E-state index in [1.54, 1.807) is 47.4 Å². The van der Waals surface area contributed by atoms with Crippen molar-refractivity contribution < 1.29 is 0 Å². The summed E-state index contributed by atoms with van der Waals surface area (Å²) in [6.07, 6.45) is 3.42. The van der Waals surface area contributed by atoms with Crippen LogP contribution < -0.4 is 0 Å². The number of nitriles is 1. The van der Waals surface area contributed by atoms with Gasteiger partial charge >= 0.3 is 0 Å².